The maximum Gasteiger partial charge on any atom is 0.259 e. The summed E-state index contributed by atoms with van der Waals surface area (Å²) in [4.78, 5) is 22.9. The molecule has 0 bridgehead atoms. The molecule has 0 radical (unpaired) electrons. The van der Waals surface area contributed by atoms with Crippen molar-refractivity contribution in [1.82, 2.24) is 9.97 Å². The van der Waals surface area contributed by atoms with E-state index in [2.05, 4.69) is 15.3 Å². The Morgan fingerprint density at radius 3 is 2.52 bits per heavy atom. The highest BCUT2D eigenvalue weighted by Gasteiger charge is 2.37. The zero-order chi connectivity index (χ0) is 21.4. The maximum absolute atomic E-state index is 13.2. The summed E-state index contributed by atoms with van der Waals surface area (Å²) in [6.45, 7) is 0. The fraction of sp³-hybridized carbons (Fsp3) is 0.409. The molecule has 2 heterocycles. The number of hydrogen-bond acceptors (Lipinski definition) is 7. The second-order valence-corrected chi connectivity index (χ2v) is 11.3. The molecule has 162 valence electrons. The highest BCUT2D eigenvalue weighted by molar-refractivity contribution is 7.92. The third-order valence-electron chi connectivity index (χ3n) is 5.74. The van der Waals surface area contributed by atoms with Crippen LogP contribution in [0.2, 0.25) is 0 Å². The van der Waals surface area contributed by atoms with Crippen LogP contribution in [-0.4, -0.2) is 35.6 Å². The quantitative estimate of drug-likeness (QED) is 0.569. The highest BCUT2D eigenvalue weighted by atomic mass is 32.2. The van der Waals surface area contributed by atoms with Crippen LogP contribution in [0.1, 0.15) is 50.2 Å². The number of hydrogen-bond donors (Lipinski definition) is 1. The van der Waals surface area contributed by atoms with Crippen molar-refractivity contribution in [2.45, 2.75) is 60.9 Å². The van der Waals surface area contributed by atoms with Gasteiger partial charge in [0.25, 0.3) is 5.91 Å². The Bertz CT molecular complexity index is 1160. The number of nitrogens with zero attached hydrogens (tertiary/aromatic N) is 2. The van der Waals surface area contributed by atoms with Crippen LogP contribution in [-0.2, 0) is 19.4 Å². The summed E-state index contributed by atoms with van der Waals surface area (Å²) in [6.07, 6.45) is 6.32. The van der Waals surface area contributed by atoms with Crippen LogP contribution in [0.15, 0.2) is 47.5 Å². The molecule has 1 amide bonds. The van der Waals surface area contributed by atoms with Gasteiger partial charge in [-0.1, -0.05) is 36.3 Å². The van der Waals surface area contributed by atoms with Crippen molar-refractivity contribution >= 4 is 42.6 Å². The average Bonchev–Trinajstić information content (AvgIpc) is 3.37. The Labute approximate surface area is 184 Å². The SMILES string of the molecule is O=C(Nc1nc2cccnc2s1)C(OC1CCCC1)c1ccc(S(=O)(=O)C2CC2)cc1. The van der Waals surface area contributed by atoms with Gasteiger partial charge in [0.05, 0.1) is 16.2 Å². The molecule has 0 spiro atoms. The molecule has 1 unspecified atom stereocenters. The Balaban J connectivity index is 1.39. The number of amides is 1. The van der Waals surface area contributed by atoms with Crippen LogP contribution in [0.4, 0.5) is 5.13 Å². The van der Waals surface area contributed by atoms with Crippen LogP contribution in [0.3, 0.4) is 0 Å². The lowest BCUT2D eigenvalue weighted by molar-refractivity contribution is -0.131. The predicted octanol–water partition coefficient (Wildman–Crippen LogP) is 4.27. The van der Waals surface area contributed by atoms with Gasteiger partial charge in [-0.25, -0.2) is 18.4 Å². The van der Waals surface area contributed by atoms with Crippen LogP contribution < -0.4 is 5.32 Å². The zero-order valence-corrected chi connectivity index (χ0v) is 18.5. The minimum Gasteiger partial charge on any atom is -0.360 e. The van der Waals surface area contributed by atoms with Gasteiger partial charge in [0.1, 0.15) is 10.3 Å². The molecule has 31 heavy (non-hydrogen) atoms. The Hall–Kier alpha value is -2.36. The number of nitrogens with one attached hydrogen (secondary N) is 1. The first kappa shape index (κ1) is 20.5. The second kappa shape index (κ2) is 8.29. The molecular weight excluding hydrogens is 434 g/mol. The summed E-state index contributed by atoms with van der Waals surface area (Å²) in [5, 5.41) is 3.06. The minimum absolute atomic E-state index is 0.0163. The van der Waals surface area contributed by atoms with E-state index in [1.54, 1.807) is 36.5 Å². The van der Waals surface area contributed by atoms with E-state index in [0.717, 1.165) is 48.9 Å². The first-order chi connectivity index (χ1) is 15.0. The number of fused-ring (bicyclic) bond motifs is 1. The molecule has 2 fully saturated rings. The average molecular weight is 458 g/mol. The van der Waals surface area contributed by atoms with Gasteiger partial charge in [-0.2, -0.15) is 0 Å². The monoisotopic (exact) mass is 457 g/mol. The van der Waals surface area contributed by atoms with Crippen LogP contribution in [0.25, 0.3) is 10.3 Å². The number of rotatable bonds is 7. The van der Waals surface area contributed by atoms with Crippen molar-refractivity contribution in [1.29, 1.82) is 0 Å². The van der Waals surface area contributed by atoms with E-state index >= 15 is 0 Å². The van der Waals surface area contributed by atoms with Gasteiger partial charge in [-0.15, -0.1) is 0 Å². The molecule has 0 aliphatic heterocycles. The number of carbonyl (C=O) groups excluding carboxylic acids is 1. The molecule has 2 saturated carbocycles. The van der Waals surface area contributed by atoms with Gasteiger partial charge in [-0.3, -0.25) is 10.1 Å². The molecule has 2 aliphatic carbocycles. The van der Waals surface area contributed by atoms with E-state index in [9.17, 15) is 13.2 Å². The zero-order valence-electron chi connectivity index (χ0n) is 16.9. The molecule has 9 heteroatoms. The number of anilines is 1. The molecule has 5 rings (SSSR count). The molecule has 7 nitrogen and oxygen atoms in total. The summed E-state index contributed by atoms with van der Waals surface area (Å²) in [7, 11) is -3.27. The topological polar surface area (TPSA) is 98.2 Å². The smallest absolute Gasteiger partial charge is 0.259 e. The number of thiazole rings is 1. The fourth-order valence-electron chi connectivity index (χ4n) is 3.91. The number of carbonyl (C=O) groups is 1. The Kier molecular flexibility index (Phi) is 5.49. The molecule has 2 aliphatic rings. The van der Waals surface area contributed by atoms with Crippen LogP contribution in [0.5, 0.6) is 0 Å². The lowest BCUT2D eigenvalue weighted by Crippen LogP contribution is -2.26. The van der Waals surface area contributed by atoms with Crippen molar-refractivity contribution in [3.05, 3.63) is 48.2 Å². The van der Waals surface area contributed by atoms with Gasteiger partial charge in [0.15, 0.2) is 21.1 Å². The van der Waals surface area contributed by atoms with Gasteiger partial charge in [-0.05, 0) is 55.5 Å². The van der Waals surface area contributed by atoms with Crippen molar-refractivity contribution in [2.75, 3.05) is 5.32 Å². The van der Waals surface area contributed by atoms with Crippen molar-refractivity contribution in [3.63, 3.8) is 0 Å². The summed E-state index contributed by atoms with van der Waals surface area (Å²) in [5.74, 6) is -0.316. The van der Waals surface area contributed by atoms with E-state index in [1.165, 1.54) is 11.3 Å². The summed E-state index contributed by atoms with van der Waals surface area (Å²) >= 11 is 1.31. The summed E-state index contributed by atoms with van der Waals surface area (Å²) < 4.78 is 31.2. The van der Waals surface area contributed by atoms with Crippen LogP contribution >= 0.6 is 11.3 Å². The number of ether oxygens (including phenoxy) is 1. The first-order valence-electron chi connectivity index (χ1n) is 10.5. The van der Waals surface area contributed by atoms with Gasteiger partial charge in [0.2, 0.25) is 0 Å². The molecule has 3 aromatic rings. The predicted molar refractivity (Wildman–Crippen MR) is 119 cm³/mol. The number of benzene rings is 1. The van der Waals surface area contributed by atoms with Crippen molar-refractivity contribution in [3.8, 4) is 0 Å². The molecular formula is C22H23N3O4S2. The fourth-order valence-corrected chi connectivity index (χ4v) is 6.37. The number of aromatic nitrogens is 2. The minimum atomic E-state index is -3.27. The Morgan fingerprint density at radius 2 is 1.84 bits per heavy atom. The summed E-state index contributed by atoms with van der Waals surface area (Å²) in [6, 6.07) is 10.2. The third kappa shape index (κ3) is 4.35. The molecule has 1 atom stereocenters. The van der Waals surface area contributed by atoms with Crippen molar-refractivity contribution < 1.29 is 17.9 Å². The molecule has 1 N–H and O–H groups in total. The van der Waals surface area contributed by atoms with Crippen LogP contribution in [0, 0.1) is 0 Å². The van der Waals surface area contributed by atoms with E-state index in [-0.39, 0.29) is 17.3 Å². The number of pyridine rings is 1. The lowest BCUT2D eigenvalue weighted by atomic mass is 10.1. The molecule has 0 saturated heterocycles. The third-order valence-corrected chi connectivity index (χ3v) is 8.91. The van der Waals surface area contributed by atoms with Gasteiger partial charge >= 0.3 is 0 Å². The van der Waals surface area contributed by atoms with E-state index < -0.39 is 15.9 Å². The van der Waals surface area contributed by atoms with Gasteiger partial charge < -0.3 is 4.74 Å². The second-order valence-electron chi connectivity index (χ2n) is 8.07. The highest BCUT2D eigenvalue weighted by Crippen LogP contribution is 2.35. The van der Waals surface area contributed by atoms with Gasteiger partial charge in [0, 0.05) is 6.20 Å². The number of sulfone groups is 1. The molecule has 1 aromatic carbocycles. The first-order valence-corrected chi connectivity index (χ1v) is 12.9. The van der Waals surface area contributed by atoms with E-state index in [1.807, 2.05) is 6.07 Å². The normalized spacial score (nSPS) is 18.3. The summed E-state index contributed by atoms with van der Waals surface area (Å²) in [5.41, 5.74) is 1.36. The van der Waals surface area contributed by atoms with E-state index in [0.29, 0.717) is 15.6 Å². The maximum atomic E-state index is 13.2. The van der Waals surface area contributed by atoms with E-state index in [4.69, 9.17) is 4.74 Å². The standard InChI is InChI=1S/C22H23N3O4S2/c26-20(25-22-24-18-6-3-13-23-21(18)30-22)19(29-15-4-1-2-5-15)14-7-9-16(10-8-14)31(27,28)17-11-12-17/h3,6-10,13,15,17,19H,1-2,4-5,11-12H2,(H,24,25,26). The molecule has 2 aromatic heterocycles. The largest absolute Gasteiger partial charge is 0.360 e. The van der Waals surface area contributed by atoms with Crippen molar-refractivity contribution in [2.24, 2.45) is 0 Å². The Morgan fingerprint density at radius 1 is 1.10 bits per heavy atom. The lowest BCUT2D eigenvalue weighted by Gasteiger charge is -2.21.